The predicted octanol–water partition coefficient (Wildman–Crippen LogP) is 4.30. The first-order valence-electron chi connectivity index (χ1n) is 6.84. The van der Waals surface area contributed by atoms with Crippen molar-refractivity contribution in [1.82, 2.24) is 9.78 Å². The van der Waals surface area contributed by atoms with Crippen LogP contribution in [0.5, 0.6) is 0 Å². The number of hydrogen-bond acceptors (Lipinski definition) is 2. The molecule has 0 radical (unpaired) electrons. The van der Waals surface area contributed by atoms with Crippen molar-refractivity contribution in [1.29, 1.82) is 0 Å². The van der Waals surface area contributed by atoms with E-state index in [1.807, 2.05) is 18.5 Å². The molecule has 0 bridgehead atoms. The van der Waals surface area contributed by atoms with Gasteiger partial charge in [0.25, 0.3) is 0 Å². The standard InChI is InChI=1S/C15H17BrClFN2O/c1-3-12-15(16)13(20(4-2)19-12)8-14(21)10-7-9(17)5-6-11(10)18/h5-7,14,21H,3-4,8H2,1-2H3. The van der Waals surface area contributed by atoms with E-state index in [2.05, 4.69) is 21.0 Å². The highest BCUT2D eigenvalue weighted by Crippen LogP contribution is 2.29. The summed E-state index contributed by atoms with van der Waals surface area (Å²) in [6.45, 7) is 4.69. The Balaban J connectivity index is 2.33. The molecule has 2 rings (SSSR count). The first kappa shape index (κ1) is 16.5. The lowest BCUT2D eigenvalue weighted by Crippen LogP contribution is -2.10. The normalized spacial score (nSPS) is 12.7. The summed E-state index contributed by atoms with van der Waals surface area (Å²) in [5, 5.41) is 15.2. The lowest BCUT2D eigenvalue weighted by Gasteiger charge is -2.14. The minimum Gasteiger partial charge on any atom is -0.388 e. The van der Waals surface area contributed by atoms with Gasteiger partial charge in [-0.25, -0.2) is 4.39 Å². The van der Waals surface area contributed by atoms with Gasteiger partial charge in [0.05, 0.1) is 22.0 Å². The van der Waals surface area contributed by atoms with Gasteiger partial charge in [-0.15, -0.1) is 0 Å². The molecular formula is C15H17BrClFN2O. The molecule has 0 aliphatic heterocycles. The average molecular weight is 376 g/mol. The molecule has 1 unspecified atom stereocenters. The molecule has 0 aliphatic rings. The van der Waals surface area contributed by atoms with Crippen LogP contribution < -0.4 is 0 Å². The topological polar surface area (TPSA) is 38.0 Å². The van der Waals surface area contributed by atoms with Crippen LogP contribution in [0, 0.1) is 5.82 Å². The van der Waals surface area contributed by atoms with Gasteiger partial charge in [0.1, 0.15) is 5.82 Å². The highest BCUT2D eigenvalue weighted by atomic mass is 79.9. The van der Waals surface area contributed by atoms with Crippen molar-refractivity contribution in [3.63, 3.8) is 0 Å². The highest BCUT2D eigenvalue weighted by Gasteiger charge is 2.20. The van der Waals surface area contributed by atoms with E-state index in [-0.39, 0.29) is 12.0 Å². The Morgan fingerprint density at radius 2 is 2.14 bits per heavy atom. The Morgan fingerprint density at radius 3 is 2.76 bits per heavy atom. The molecular weight excluding hydrogens is 359 g/mol. The first-order chi connectivity index (χ1) is 9.97. The van der Waals surface area contributed by atoms with Gasteiger partial charge in [0.15, 0.2) is 0 Å². The zero-order valence-electron chi connectivity index (χ0n) is 11.9. The van der Waals surface area contributed by atoms with Gasteiger partial charge in [-0.2, -0.15) is 5.10 Å². The number of aliphatic hydroxyl groups excluding tert-OH is 1. The van der Waals surface area contributed by atoms with Crippen LogP contribution in [-0.4, -0.2) is 14.9 Å². The molecule has 0 spiro atoms. The Kier molecular flexibility index (Phi) is 5.41. The third-order valence-electron chi connectivity index (χ3n) is 3.40. The van der Waals surface area contributed by atoms with E-state index in [0.29, 0.717) is 11.6 Å². The summed E-state index contributed by atoms with van der Waals surface area (Å²) in [4.78, 5) is 0. The monoisotopic (exact) mass is 374 g/mol. The molecule has 1 atom stereocenters. The molecule has 1 N–H and O–H groups in total. The molecule has 0 amide bonds. The summed E-state index contributed by atoms with van der Waals surface area (Å²) in [6.07, 6.45) is 0.104. The van der Waals surface area contributed by atoms with Gasteiger partial charge in [0.2, 0.25) is 0 Å². The summed E-state index contributed by atoms with van der Waals surface area (Å²) in [7, 11) is 0. The Hall–Kier alpha value is -0.910. The SMILES string of the molecule is CCc1nn(CC)c(CC(O)c2cc(Cl)ccc2F)c1Br. The van der Waals surface area contributed by atoms with E-state index < -0.39 is 11.9 Å². The third-order valence-corrected chi connectivity index (χ3v) is 4.55. The molecule has 3 nitrogen and oxygen atoms in total. The quantitative estimate of drug-likeness (QED) is 0.846. The lowest BCUT2D eigenvalue weighted by atomic mass is 10.0. The van der Waals surface area contributed by atoms with E-state index in [1.165, 1.54) is 18.2 Å². The molecule has 1 heterocycles. The van der Waals surface area contributed by atoms with Crippen molar-refractivity contribution < 1.29 is 9.50 Å². The summed E-state index contributed by atoms with van der Waals surface area (Å²) in [6, 6.07) is 4.20. The molecule has 1 aromatic carbocycles. The van der Waals surface area contributed by atoms with Crippen molar-refractivity contribution in [3.05, 3.63) is 50.5 Å². The van der Waals surface area contributed by atoms with Crippen LogP contribution in [-0.2, 0) is 19.4 Å². The summed E-state index contributed by atoms with van der Waals surface area (Å²) in [5.41, 5.74) is 2.00. The van der Waals surface area contributed by atoms with Gasteiger partial charge >= 0.3 is 0 Å². The number of rotatable bonds is 5. The van der Waals surface area contributed by atoms with Crippen molar-refractivity contribution >= 4 is 27.5 Å². The number of benzene rings is 1. The Morgan fingerprint density at radius 1 is 1.43 bits per heavy atom. The van der Waals surface area contributed by atoms with Crippen LogP contribution in [0.3, 0.4) is 0 Å². The number of aliphatic hydroxyl groups is 1. The maximum absolute atomic E-state index is 13.8. The lowest BCUT2D eigenvalue weighted by molar-refractivity contribution is 0.170. The molecule has 1 aromatic heterocycles. The van der Waals surface area contributed by atoms with Crippen molar-refractivity contribution in [3.8, 4) is 0 Å². The average Bonchev–Trinajstić information content (AvgIpc) is 2.77. The largest absolute Gasteiger partial charge is 0.388 e. The second kappa shape index (κ2) is 6.90. The summed E-state index contributed by atoms with van der Waals surface area (Å²) < 4.78 is 16.5. The Bertz CT molecular complexity index is 645. The zero-order valence-corrected chi connectivity index (χ0v) is 14.2. The van der Waals surface area contributed by atoms with Crippen molar-refractivity contribution in [2.45, 2.75) is 39.3 Å². The van der Waals surface area contributed by atoms with Crippen molar-refractivity contribution in [2.24, 2.45) is 0 Å². The van der Waals surface area contributed by atoms with E-state index in [4.69, 9.17) is 11.6 Å². The van der Waals surface area contributed by atoms with Crippen LogP contribution in [0.1, 0.15) is 36.9 Å². The molecule has 21 heavy (non-hydrogen) atoms. The van der Waals surface area contributed by atoms with Gasteiger partial charge in [0, 0.05) is 23.6 Å². The molecule has 0 fully saturated rings. The van der Waals surface area contributed by atoms with Gasteiger partial charge in [-0.1, -0.05) is 18.5 Å². The number of aromatic nitrogens is 2. The second-order valence-corrected chi connectivity index (χ2v) is 5.99. The van der Waals surface area contributed by atoms with E-state index in [1.54, 1.807) is 0 Å². The number of aryl methyl sites for hydroxylation is 2. The fourth-order valence-corrected chi connectivity index (χ4v) is 3.18. The van der Waals surface area contributed by atoms with Crippen LogP contribution in [0.2, 0.25) is 5.02 Å². The summed E-state index contributed by atoms with van der Waals surface area (Å²) in [5.74, 6) is -0.457. The third kappa shape index (κ3) is 3.47. The van der Waals surface area contributed by atoms with Crippen molar-refractivity contribution in [2.75, 3.05) is 0 Å². The molecule has 0 saturated heterocycles. The smallest absolute Gasteiger partial charge is 0.129 e. The second-order valence-electron chi connectivity index (χ2n) is 4.76. The van der Waals surface area contributed by atoms with Gasteiger partial charge < -0.3 is 5.11 Å². The maximum Gasteiger partial charge on any atom is 0.129 e. The first-order valence-corrected chi connectivity index (χ1v) is 8.02. The van der Waals surface area contributed by atoms with E-state index in [9.17, 15) is 9.50 Å². The fourth-order valence-electron chi connectivity index (χ4n) is 2.28. The number of hydrogen-bond donors (Lipinski definition) is 1. The van der Waals surface area contributed by atoms with Crippen LogP contribution in [0.4, 0.5) is 4.39 Å². The van der Waals surface area contributed by atoms with Crippen LogP contribution in [0.25, 0.3) is 0 Å². The minimum atomic E-state index is -0.966. The maximum atomic E-state index is 13.8. The number of nitrogens with zero attached hydrogens (tertiary/aromatic N) is 2. The summed E-state index contributed by atoms with van der Waals surface area (Å²) >= 11 is 9.40. The van der Waals surface area contributed by atoms with E-state index >= 15 is 0 Å². The zero-order chi connectivity index (χ0) is 15.6. The molecule has 2 aromatic rings. The molecule has 0 aliphatic carbocycles. The van der Waals surface area contributed by atoms with Gasteiger partial charge in [-0.05, 0) is 47.5 Å². The minimum absolute atomic E-state index is 0.205. The van der Waals surface area contributed by atoms with E-state index in [0.717, 1.165) is 22.3 Å². The number of halogens is 3. The van der Waals surface area contributed by atoms with Crippen LogP contribution in [0.15, 0.2) is 22.7 Å². The molecule has 6 heteroatoms. The molecule has 0 saturated carbocycles. The van der Waals surface area contributed by atoms with Gasteiger partial charge in [-0.3, -0.25) is 4.68 Å². The fraction of sp³-hybridized carbons (Fsp3) is 0.400. The van der Waals surface area contributed by atoms with Crippen LogP contribution >= 0.6 is 27.5 Å². The highest BCUT2D eigenvalue weighted by molar-refractivity contribution is 9.10. The Labute approximate surface area is 136 Å². The molecule has 114 valence electrons. The predicted molar refractivity (Wildman–Crippen MR) is 85.1 cm³/mol.